The van der Waals surface area contributed by atoms with Crippen LogP contribution in [-0.4, -0.2) is 37.4 Å². The zero-order chi connectivity index (χ0) is 19.3. The topological polar surface area (TPSA) is 136 Å². The summed E-state index contributed by atoms with van der Waals surface area (Å²) in [6.07, 6.45) is 3.28. The average Bonchev–Trinajstić information content (AvgIpc) is 2.58. The van der Waals surface area contributed by atoms with Gasteiger partial charge in [0.25, 0.3) is 0 Å². The fourth-order valence-electron chi connectivity index (χ4n) is 2.19. The van der Waals surface area contributed by atoms with Crippen LogP contribution in [0.1, 0.15) is 11.1 Å². The van der Waals surface area contributed by atoms with Gasteiger partial charge < -0.3 is 31.5 Å². The first-order valence-electron chi connectivity index (χ1n) is 7.57. The third kappa shape index (κ3) is 5.12. The molecule has 0 aliphatic heterocycles. The first kappa shape index (κ1) is 19.1. The molecule has 0 spiro atoms. The molecule has 0 aromatic heterocycles. The van der Waals surface area contributed by atoms with Gasteiger partial charge in [-0.15, -0.1) is 0 Å². The molecule has 0 aliphatic rings. The fourth-order valence-corrected chi connectivity index (χ4v) is 2.40. The lowest BCUT2D eigenvalue weighted by Crippen LogP contribution is -2.44. The van der Waals surface area contributed by atoms with E-state index in [0.29, 0.717) is 11.1 Å². The lowest BCUT2D eigenvalue weighted by Gasteiger charge is -2.16. The summed E-state index contributed by atoms with van der Waals surface area (Å²) >= 11 is 5.16. The Morgan fingerprint density at radius 3 is 2.23 bits per heavy atom. The Labute approximate surface area is 155 Å². The molecule has 7 N–H and O–H groups in total. The minimum atomic E-state index is -0.815. The Morgan fingerprint density at radius 1 is 1.04 bits per heavy atom. The molecule has 2 rings (SSSR count). The van der Waals surface area contributed by atoms with Crippen LogP contribution >= 0.6 is 12.2 Å². The number of hydrogen-bond acceptors (Lipinski definition) is 6. The quantitative estimate of drug-likeness (QED) is 0.256. The second kappa shape index (κ2) is 8.21. The van der Waals surface area contributed by atoms with Crippen LogP contribution in [-0.2, 0) is 11.2 Å². The van der Waals surface area contributed by atoms with Crippen molar-refractivity contribution >= 4 is 29.2 Å². The van der Waals surface area contributed by atoms with Gasteiger partial charge in [-0.1, -0.05) is 30.4 Å². The van der Waals surface area contributed by atoms with Gasteiger partial charge in [-0.3, -0.25) is 4.79 Å². The lowest BCUT2D eigenvalue weighted by atomic mass is 10.0. The van der Waals surface area contributed by atoms with Gasteiger partial charge in [0.2, 0.25) is 5.91 Å². The monoisotopic (exact) mass is 374 g/mol. The Balaban J connectivity index is 2.05. The van der Waals surface area contributed by atoms with Crippen molar-refractivity contribution in [3.63, 3.8) is 0 Å². The number of amides is 1. The molecule has 0 saturated carbocycles. The smallest absolute Gasteiger partial charge is 0.240 e. The highest BCUT2D eigenvalue weighted by Crippen LogP contribution is 2.26. The molecular formula is C18H18N2O5S. The number of nitrogens with one attached hydrogen (secondary N) is 1. The van der Waals surface area contributed by atoms with E-state index in [1.54, 1.807) is 18.2 Å². The number of primary amides is 1. The molecule has 7 nitrogen and oxygen atoms in total. The van der Waals surface area contributed by atoms with Crippen molar-refractivity contribution in [1.82, 2.24) is 5.32 Å². The van der Waals surface area contributed by atoms with Gasteiger partial charge in [-0.2, -0.15) is 0 Å². The Hall–Kier alpha value is -3.26. The first-order valence-corrected chi connectivity index (χ1v) is 7.98. The molecule has 1 atom stereocenters. The normalized spacial score (nSPS) is 12.0. The van der Waals surface area contributed by atoms with Gasteiger partial charge in [0.15, 0.2) is 23.0 Å². The minimum absolute atomic E-state index is 0.164. The Bertz CT molecular complexity index is 867. The number of phenolic OH excluding ortho intramolecular Hbond substituents is 4. The summed E-state index contributed by atoms with van der Waals surface area (Å²) in [4.78, 5) is 11.9. The van der Waals surface area contributed by atoms with Gasteiger partial charge in [-0.25, -0.2) is 0 Å². The molecule has 0 aliphatic carbocycles. The van der Waals surface area contributed by atoms with Crippen molar-refractivity contribution in [2.75, 3.05) is 0 Å². The number of carbonyl (C=O) groups is 1. The van der Waals surface area contributed by atoms with E-state index in [2.05, 4.69) is 5.32 Å². The Morgan fingerprint density at radius 2 is 1.65 bits per heavy atom. The van der Waals surface area contributed by atoms with E-state index in [4.69, 9.17) is 18.0 Å². The van der Waals surface area contributed by atoms with Crippen LogP contribution in [0.15, 0.2) is 42.5 Å². The summed E-state index contributed by atoms with van der Waals surface area (Å²) in [5.41, 5.74) is 6.58. The number of phenols is 4. The summed E-state index contributed by atoms with van der Waals surface area (Å²) in [6.45, 7) is 0. The standard InChI is InChI=1S/C18H18N2O5S/c19-18(25)12(7-11-2-5-14(22)16(24)9-11)20-17(26)6-3-10-1-4-13(21)15(23)8-10/h1-6,8-9,12,21-24H,7H2,(H2,19,25)(H,20,26)/b6-3+. The number of benzene rings is 2. The zero-order valence-corrected chi connectivity index (χ0v) is 14.4. The van der Waals surface area contributed by atoms with Gasteiger partial charge in [-0.05, 0) is 41.5 Å². The highest BCUT2D eigenvalue weighted by Gasteiger charge is 2.17. The predicted octanol–water partition coefficient (Wildman–Crippen LogP) is 1.54. The summed E-state index contributed by atoms with van der Waals surface area (Å²) in [7, 11) is 0. The number of aromatic hydroxyl groups is 4. The second-order valence-electron chi connectivity index (χ2n) is 5.57. The molecular weight excluding hydrogens is 356 g/mol. The maximum atomic E-state index is 11.7. The van der Waals surface area contributed by atoms with E-state index in [-0.39, 0.29) is 34.4 Å². The van der Waals surface area contributed by atoms with Crippen LogP contribution in [0.5, 0.6) is 23.0 Å². The summed E-state index contributed by atoms with van der Waals surface area (Å²) in [6, 6.07) is 7.69. The second-order valence-corrected chi connectivity index (χ2v) is 6.01. The van der Waals surface area contributed by atoms with E-state index < -0.39 is 11.9 Å². The van der Waals surface area contributed by atoms with E-state index in [9.17, 15) is 25.2 Å². The van der Waals surface area contributed by atoms with Gasteiger partial charge in [0, 0.05) is 6.42 Å². The number of hydrogen-bond donors (Lipinski definition) is 6. The minimum Gasteiger partial charge on any atom is -0.504 e. The van der Waals surface area contributed by atoms with Crippen LogP contribution < -0.4 is 11.1 Å². The highest BCUT2D eigenvalue weighted by molar-refractivity contribution is 7.80. The molecule has 8 heteroatoms. The maximum Gasteiger partial charge on any atom is 0.240 e. The first-order chi connectivity index (χ1) is 12.3. The fraction of sp³-hybridized carbons (Fsp3) is 0.111. The van der Waals surface area contributed by atoms with Crippen molar-refractivity contribution in [2.45, 2.75) is 12.5 Å². The third-order valence-corrected chi connectivity index (χ3v) is 3.82. The lowest BCUT2D eigenvalue weighted by molar-refractivity contribution is -0.119. The van der Waals surface area contributed by atoms with Gasteiger partial charge in [0.05, 0.1) is 4.99 Å². The maximum absolute atomic E-state index is 11.7. The third-order valence-electron chi connectivity index (χ3n) is 3.57. The molecule has 1 amide bonds. The van der Waals surface area contributed by atoms with Crippen LogP contribution in [0.25, 0.3) is 6.08 Å². The molecule has 0 fully saturated rings. The van der Waals surface area contributed by atoms with E-state index >= 15 is 0 Å². The highest BCUT2D eigenvalue weighted by atomic mass is 32.1. The van der Waals surface area contributed by atoms with Crippen LogP contribution in [0.2, 0.25) is 0 Å². The van der Waals surface area contributed by atoms with Crippen LogP contribution in [0.3, 0.4) is 0 Å². The molecule has 0 radical (unpaired) electrons. The number of rotatable bonds is 6. The van der Waals surface area contributed by atoms with Crippen molar-refractivity contribution in [3.8, 4) is 23.0 Å². The number of thiocarbonyl (C=S) groups is 1. The van der Waals surface area contributed by atoms with Crippen molar-refractivity contribution in [2.24, 2.45) is 5.73 Å². The number of carbonyl (C=O) groups excluding carboxylic acids is 1. The van der Waals surface area contributed by atoms with Crippen LogP contribution in [0, 0.1) is 0 Å². The zero-order valence-electron chi connectivity index (χ0n) is 13.6. The van der Waals surface area contributed by atoms with Gasteiger partial charge >= 0.3 is 0 Å². The summed E-state index contributed by atoms with van der Waals surface area (Å²) < 4.78 is 0. The Kier molecular flexibility index (Phi) is 6.03. The van der Waals surface area contributed by atoms with Crippen LogP contribution in [0.4, 0.5) is 0 Å². The molecule has 0 bridgehead atoms. The SMILES string of the molecule is NC(=O)C(Cc1ccc(O)c(O)c1)NC(=S)/C=C/c1ccc(O)c(O)c1. The van der Waals surface area contributed by atoms with Crippen molar-refractivity contribution < 1.29 is 25.2 Å². The molecule has 0 saturated heterocycles. The molecule has 0 heterocycles. The molecule has 2 aromatic rings. The molecule has 136 valence electrons. The predicted molar refractivity (Wildman–Crippen MR) is 101 cm³/mol. The van der Waals surface area contributed by atoms with E-state index in [1.807, 2.05) is 0 Å². The van der Waals surface area contributed by atoms with Gasteiger partial charge in [0.1, 0.15) is 6.04 Å². The molecule has 2 aromatic carbocycles. The number of nitrogens with two attached hydrogens (primary N) is 1. The van der Waals surface area contributed by atoms with E-state index in [0.717, 1.165) is 0 Å². The average molecular weight is 374 g/mol. The largest absolute Gasteiger partial charge is 0.504 e. The molecule has 1 unspecified atom stereocenters. The van der Waals surface area contributed by atoms with E-state index in [1.165, 1.54) is 30.3 Å². The summed E-state index contributed by atoms with van der Waals surface area (Å²) in [5, 5.41) is 40.4. The summed E-state index contributed by atoms with van der Waals surface area (Å²) in [5.74, 6) is -1.66. The van der Waals surface area contributed by atoms with Crippen molar-refractivity contribution in [3.05, 3.63) is 53.6 Å². The van der Waals surface area contributed by atoms with Crippen molar-refractivity contribution in [1.29, 1.82) is 0 Å². The molecule has 26 heavy (non-hydrogen) atoms.